The van der Waals surface area contributed by atoms with Crippen molar-refractivity contribution in [1.82, 2.24) is 0 Å². The number of nitrogens with two attached hydrogens (primary N) is 1. The number of carbonyl (C=O) groups is 1. The SMILES string of the molecule is CCc1ccc(NC(=O)c2ccc(C)c(C)c2)cc1N. The molecule has 0 aliphatic heterocycles. The zero-order valence-electron chi connectivity index (χ0n) is 12.2. The average molecular weight is 268 g/mol. The van der Waals surface area contributed by atoms with Crippen molar-refractivity contribution in [2.75, 3.05) is 11.1 Å². The number of anilines is 2. The molecule has 3 nitrogen and oxygen atoms in total. The predicted octanol–water partition coefficient (Wildman–Crippen LogP) is 3.70. The molecule has 3 N–H and O–H groups in total. The van der Waals surface area contributed by atoms with Gasteiger partial charge in [-0.15, -0.1) is 0 Å². The minimum Gasteiger partial charge on any atom is -0.398 e. The van der Waals surface area contributed by atoms with Crippen LogP contribution in [0.2, 0.25) is 0 Å². The van der Waals surface area contributed by atoms with Crippen molar-refractivity contribution in [3.05, 3.63) is 58.7 Å². The molecule has 0 aliphatic carbocycles. The van der Waals surface area contributed by atoms with E-state index in [-0.39, 0.29) is 5.91 Å². The number of rotatable bonds is 3. The molecule has 20 heavy (non-hydrogen) atoms. The molecule has 0 heterocycles. The first-order valence-corrected chi connectivity index (χ1v) is 6.78. The van der Waals surface area contributed by atoms with Crippen LogP contribution in [0.1, 0.15) is 34.0 Å². The van der Waals surface area contributed by atoms with E-state index in [0.717, 1.165) is 23.2 Å². The molecule has 2 rings (SSSR count). The summed E-state index contributed by atoms with van der Waals surface area (Å²) in [7, 11) is 0. The van der Waals surface area contributed by atoms with Crippen LogP contribution in [0.25, 0.3) is 0 Å². The molecular weight excluding hydrogens is 248 g/mol. The van der Waals surface area contributed by atoms with Gasteiger partial charge in [-0.2, -0.15) is 0 Å². The van der Waals surface area contributed by atoms with E-state index in [9.17, 15) is 4.79 Å². The Balaban J connectivity index is 2.19. The summed E-state index contributed by atoms with van der Waals surface area (Å²) in [6.07, 6.45) is 0.886. The largest absolute Gasteiger partial charge is 0.398 e. The molecule has 0 aromatic heterocycles. The maximum atomic E-state index is 12.2. The van der Waals surface area contributed by atoms with Crippen LogP contribution in [0.3, 0.4) is 0 Å². The number of hydrogen-bond acceptors (Lipinski definition) is 2. The van der Waals surface area contributed by atoms with Crippen molar-refractivity contribution >= 4 is 17.3 Å². The highest BCUT2D eigenvalue weighted by atomic mass is 16.1. The fourth-order valence-electron chi connectivity index (χ4n) is 2.08. The Morgan fingerprint density at radius 3 is 2.45 bits per heavy atom. The molecule has 0 saturated carbocycles. The molecule has 3 heteroatoms. The van der Waals surface area contributed by atoms with E-state index in [0.29, 0.717) is 11.3 Å². The zero-order valence-corrected chi connectivity index (χ0v) is 12.2. The lowest BCUT2D eigenvalue weighted by molar-refractivity contribution is 0.102. The van der Waals surface area contributed by atoms with Gasteiger partial charge in [0, 0.05) is 16.9 Å². The highest BCUT2D eigenvalue weighted by Gasteiger charge is 2.08. The van der Waals surface area contributed by atoms with Gasteiger partial charge in [-0.3, -0.25) is 4.79 Å². The Labute approximate surface area is 119 Å². The van der Waals surface area contributed by atoms with Crippen LogP contribution in [0.4, 0.5) is 11.4 Å². The van der Waals surface area contributed by atoms with Gasteiger partial charge in [0.2, 0.25) is 0 Å². The number of benzene rings is 2. The maximum absolute atomic E-state index is 12.2. The van der Waals surface area contributed by atoms with E-state index >= 15 is 0 Å². The van der Waals surface area contributed by atoms with Crippen LogP contribution in [0.15, 0.2) is 36.4 Å². The minimum atomic E-state index is -0.114. The molecule has 0 radical (unpaired) electrons. The normalized spacial score (nSPS) is 10.3. The fraction of sp³-hybridized carbons (Fsp3) is 0.235. The molecule has 0 atom stereocenters. The third-order valence-electron chi connectivity index (χ3n) is 3.55. The topological polar surface area (TPSA) is 55.1 Å². The van der Waals surface area contributed by atoms with Gasteiger partial charge in [-0.25, -0.2) is 0 Å². The number of hydrogen-bond donors (Lipinski definition) is 2. The number of nitrogen functional groups attached to an aromatic ring is 1. The molecule has 0 fully saturated rings. The number of nitrogens with one attached hydrogen (secondary N) is 1. The number of aryl methyl sites for hydroxylation is 3. The van der Waals surface area contributed by atoms with Crippen LogP contribution in [0, 0.1) is 13.8 Å². The van der Waals surface area contributed by atoms with Crippen molar-refractivity contribution in [3.8, 4) is 0 Å². The summed E-state index contributed by atoms with van der Waals surface area (Å²) < 4.78 is 0. The summed E-state index contributed by atoms with van der Waals surface area (Å²) in [5.41, 5.74) is 11.4. The lowest BCUT2D eigenvalue weighted by Gasteiger charge is -2.09. The summed E-state index contributed by atoms with van der Waals surface area (Å²) in [4.78, 5) is 12.2. The van der Waals surface area contributed by atoms with Gasteiger partial charge in [0.25, 0.3) is 5.91 Å². The molecule has 0 saturated heterocycles. The first-order chi connectivity index (χ1) is 9.51. The van der Waals surface area contributed by atoms with E-state index in [1.165, 1.54) is 5.56 Å². The third-order valence-corrected chi connectivity index (χ3v) is 3.55. The van der Waals surface area contributed by atoms with E-state index in [1.807, 2.05) is 44.2 Å². The van der Waals surface area contributed by atoms with Gasteiger partial charge in [-0.05, 0) is 61.2 Å². The highest BCUT2D eigenvalue weighted by molar-refractivity contribution is 6.04. The van der Waals surface area contributed by atoms with E-state index in [4.69, 9.17) is 5.73 Å². The summed E-state index contributed by atoms with van der Waals surface area (Å²) in [6, 6.07) is 11.3. The Bertz CT molecular complexity index is 647. The molecule has 1 amide bonds. The summed E-state index contributed by atoms with van der Waals surface area (Å²) in [5.74, 6) is -0.114. The van der Waals surface area contributed by atoms with Gasteiger partial charge >= 0.3 is 0 Å². The van der Waals surface area contributed by atoms with E-state index in [2.05, 4.69) is 12.2 Å². The second-order valence-electron chi connectivity index (χ2n) is 5.02. The van der Waals surface area contributed by atoms with Crippen LogP contribution >= 0.6 is 0 Å². The van der Waals surface area contributed by atoms with Crippen LogP contribution in [0.5, 0.6) is 0 Å². The molecule has 0 bridgehead atoms. The highest BCUT2D eigenvalue weighted by Crippen LogP contribution is 2.19. The van der Waals surface area contributed by atoms with Gasteiger partial charge in [0.05, 0.1) is 0 Å². The van der Waals surface area contributed by atoms with Crippen molar-refractivity contribution in [3.63, 3.8) is 0 Å². The van der Waals surface area contributed by atoms with Crippen LogP contribution in [-0.2, 0) is 6.42 Å². The lowest BCUT2D eigenvalue weighted by Crippen LogP contribution is -2.12. The predicted molar refractivity (Wildman–Crippen MR) is 84.1 cm³/mol. The minimum absolute atomic E-state index is 0.114. The smallest absolute Gasteiger partial charge is 0.255 e. The molecule has 0 spiro atoms. The summed E-state index contributed by atoms with van der Waals surface area (Å²) in [6.45, 7) is 6.08. The van der Waals surface area contributed by atoms with Gasteiger partial charge in [-0.1, -0.05) is 19.1 Å². The van der Waals surface area contributed by atoms with Crippen molar-refractivity contribution in [2.24, 2.45) is 0 Å². The first kappa shape index (κ1) is 14.1. The zero-order chi connectivity index (χ0) is 14.7. The lowest BCUT2D eigenvalue weighted by atomic mass is 10.1. The van der Waals surface area contributed by atoms with Gasteiger partial charge in [0.15, 0.2) is 0 Å². The van der Waals surface area contributed by atoms with Crippen LogP contribution in [-0.4, -0.2) is 5.91 Å². The van der Waals surface area contributed by atoms with Crippen molar-refractivity contribution < 1.29 is 4.79 Å². The monoisotopic (exact) mass is 268 g/mol. The Morgan fingerprint density at radius 2 is 1.85 bits per heavy atom. The molecule has 0 unspecified atom stereocenters. The second kappa shape index (κ2) is 5.78. The number of carbonyl (C=O) groups excluding carboxylic acids is 1. The quantitative estimate of drug-likeness (QED) is 0.834. The Morgan fingerprint density at radius 1 is 1.10 bits per heavy atom. The third kappa shape index (κ3) is 2.99. The molecule has 0 aliphatic rings. The first-order valence-electron chi connectivity index (χ1n) is 6.78. The molecule has 104 valence electrons. The second-order valence-corrected chi connectivity index (χ2v) is 5.02. The number of amides is 1. The van der Waals surface area contributed by atoms with Crippen molar-refractivity contribution in [2.45, 2.75) is 27.2 Å². The Kier molecular flexibility index (Phi) is 4.08. The van der Waals surface area contributed by atoms with E-state index < -0.39 is 0 Å². The molecular formula is C17H20N2O. The van der Waals surface area contributed by atoms with Gasteiger partial charge in [0.1, 0.15) is 0 Å². The van der Waals surface area contributed by atoms with Crippen LogP contribution < -0.4 is 11.1 Å². The molecule has 2 aromatic carbocycles. The van der Waals surface area contributed by atoms with E-state index in [1.54, 1.807) is 6.07 Å². The van der Waals surface area contributed by atoms with Gasteiger partial charge < -0.3 is 11.1 Å². The van der Waals surface area contributed by atoms with Crippen molar-refractivity contribution in [1.29, 1.82) is 0 Å². The summed E-state index contributed by atoms with van der Waals surface area (Å²) in [5, 5.41) is 2.88. The average Bonchev–Trinajstić information content (AvgIpc) is 2.42. The Hall–Kier alpha value is -2.29. The standard InChI is InChI=1S/C17H20N2O/c1-4-13-7-8-15(10-16(13)18)19-17(20)14-6-5-11(2)12(3)9-14/h5-10H,4,18H2,1-3H3,(H,19,20). The summed E-state index contributed by atoms with van der Waals surface area (Å²) >= 11 is 0. The molecule has 2 aromatic rings. The fourth-order valence-corrected chi connectivity index (χ4v) is 2.08. The maximum Gasteiger partial charge on any atom is 0.255 e.